The Bertz CT molecular complexity index is 496. The molecule has 6 heteroatoms. The molecule has 1 amide bonds. The van der Waals surface area contributed by atoms with E-state index in [-0.39, 0.29) is 17.4 Å². The van der Waals surface area contributed by atoms with E-state index < -0.39 is 0 Å². The highest BCUT2D eigenvalue weighted by atomic mass is 16.6. The zero-order chi connectivity index (χ0) is 14.5. The summed E-state index contributed by atoms with van der Waals surface area (Å²) in [6, 6.07) is 4.96. The van der Waals surface area contributed by atoms with Crippen LogP contribution < -0.4 is 4.90 Å². The fraction of sp³-hybridized carbons (Fsp3) is 0.429. The summed E-state index contributed by atoms with van der Waals surface area (Å²) in [5, 5.41) is 9.69. The first-order valence-corrected chi connectivity index (χ1v) is 6.60. The largest absolute Gasteiger partial charge is 0.507 e. The third-order valence-corrected chi connectivity index (χ3v) is 3.31. The molecule has 20 heavy (non-hydrogen) atoms. The first-order chi connectivity index (χ1) is 9.65. The fourth-order valence-corrected chi connectivity index (χ4v) is 2.19. The van der Waals surface area contributed by atoms with Crippen molar-refractivity contribution in [2.75, 3.05) is 37.7 Å². The standard InChI is InChI=1S/C14H18N2O4/c1-2-20-14(19)16-7-5-15(6-8-16)12-4-3-11(10-17)13(18)9-12/h3-4,9-10,18H,2,5-8H2,1H3. The van der Waals surface area contributed by atoms with E-state index in [0.717, 1.165) is 5.69 Å². The number of carbonyl (C=O) groups is 2. The van der Waals surface area contributed by atoms with Gasteiger partial charge >= 0.3 is 6.09 Å². The predicted octanol–water partition coefficient (Wildman–Crippen LogP) is 1.48. The molecule has 1 aliphatic heterocycles. The number of aldehydes is 1. The Morgan fingerprint density at radius 3 is 2.60 bits per heavy atom. The minimum absolute atomic E-state index is 0.0228. The Balaban J connectivity index is 1.98. The van der Waals surface area contributed by atoms with Crippen molar-refractivity contribution in [1.82, 2.24) is 4.90 Å². The summed E-state index contributed by atoms with van der Waals surface area (Å²) in [7, 11) is 0. The van der Waals surface area contributed by atoms with Crippen molar-refractivity contribution in [2.45, 2.75) is 6.92 Å². The molecule has 108 valence electrons. The molecular weight excluding hydrogens is 260 g/mol. The number of benzene rings is 1. The van der Waals surface area contributed by atoms with Gasteiger partial charge in [0.25, 0.3) is 0 Å². The lowest BCUT2D eigenvalue weighted by molar-refractivity contribution is 0.105. The Hall–Kier alpha value is -2.24. The SMILES string of the molecule is CCOC(=O)N1CCN(c2ccc(C=O)c(O)c2)CC1. The Morgan fingerprint density at radius 1 is 1.35 bits per heavy atom. The van der Waals surface area contributed by atoms with E-state index in [2.05, 4.69) is 4.90 Å². The summed E-state index contributed by atoms with van der Waals surface area (Å²) in [6.45, 7) is 4.65. The maximum absolute atomic E-state index is 11.6. The van der Waals surface area contributed by atoms with Crippen LogP contribution in [0.25, 0.3) is 0 Å². The first kappa shape index (κ1) is 14.2. The molecule has 1 aromatic carbocycles. The number of rotatable bonds is 3. The fourth-order valence-electron chi connectivity index (χ4n) is 2.19. The minimum Gasteiger partial charge on any atom is -0.507 e. The lowest BCUT2D eigenvalue weighted by atomic mass is 10.1. The number of phenolic OH excluding ortho intramolecular Hbond substituents is 1. The third kappa shape index (κ3) is 3.01. The summed E-state index contributed by atoms with van der Waals surface area (Å²) in [5.74, 6) is -0.0228. The summed E-state index contributed by atoms with van der Waals surface area (Å²) >= 11 is 0. The topological polar surface area (TPSA) is 70.1 Å². The maximum Gasteiger partial charge on any atom is 0.409 e. The van der Waals surface area contributed by atoms with E-state index in [9.17, 15) is 14.7 Å². The lowest BCUT2D eigenvalue weighted by Gasteiger charge is -2.35. The van der Waals surface area contributed by atoms with E-state index in [1.54, 1.807) is 30.0 Å². The van der Waals surface area contributed by atoms with Gasteiger partial charge in [0.2, 0.25) is 0 Å². The number of anilines is 1. The van der Waals surface area contributed by atoms with Gasteiger partial charge in [-0.15, -0.1) is 0 Å². The minimum atomic E-state index is -0.286. The molecule has 0 unspecified atom stereocenters. The molecular formula is C14H18N2O4. The van der Waals surface area contributed by atoms with Crippen LogP contribution in [0.4, 0.5) is 10.5 Å². The predicted molar refractivity (Wildman–Crippen MR) is 74.3 cm³/mol. The van der Waals surface area contributed by atoms with Crippen LogP contribution in [0.3, 0.4) is 0 Å². The third-order valence-electron chi connectivity index (χ3n) is 3.31. The van der Waals surface area contributed by atoms with Crippen LogP contribution in [-0.4, -0.2) is 55.2 Å². The molecule has 6 nitrogen and oxygen atoms in total. The summed E-state index contributed by atoms with van der Waals surface area (Å²) in [4.78, 5) is 26.0. The van der Waals surface area contributed by atoms with Crippen molar-refractivity contribution in [1.29, 1.82) is 0 Å². The van der Waals surface area contributed by atoms with Crippen molar-refractivity contribution in [2.24, 2.45) is 0 Å². The number of nitrogens with zero attached hydrogens (tertiary/aromatic N) is 2. The van der Waals surface area contributed by atoms with Crippen LogP contribution in [0.15, 0.2) is 18.2 Å². The van der Waals surface area contributed by atoms with Crippen molar-refractivity contribution < 1.29 is 19.4 Å². The number of carbonyl (C=O) groups excluding carboxylic acids is 2. The average Bonchev–Trinajstić information content (AvgIpc) is 2.47. The van der Waals surface area contributed by atoms with Crippen LogP contribution in [0.1, 0.15) is 17.3 Å². The van der Waals surface area contributed by atoms with E-state index in [0.29, 0.717) is 39.1 Å². The lowest BCUT2D eigenvalue weighted by Crippen LogP contribution is -2.49. The quantitative estimate of drug-likeness (QED) is 0.848. The molecule has 0 radical (unpaired) electrons. The molecule has 0 spiro atoms. The normalized spacial score (nSPS) is 15.1. The van der Waals surface area contributed by atoms with Gasteiger partial charge in [0.15, 0.2) is 6.29 Å². The average molecular weight is 278 g/mol. The monoisotopic (exact) mass is 278 g/mol. The van der Waals surface area contributed by atoms with E-state index >= 15 is 0 Å². The zero-order valence-electron chi connectivity index (χ0n) is 11.4. The number of hydrogen-bond donors (Lipinski definition) is 1. The van der Waals surface area contributed by atoms with E-state index in [4.69, 9.17) is 4.74 Å². The number of piperazine rings is 1. The van der Waals surface area contributed by atoms with Crippen molar-refractivity contribution in [3.05, 3.63) is 23.8 Å². The molecule has 0 bridgehead atoms. The number of amides is 1. The second-order valence-electron chi connectivity index (χ2n) is 4.53. The zero-order valence-corrected chi connectivity index (χ0v) is 11.4. The second-order valence-corrected chi connectivity index (χ2v) is 4.53. The Labute approximate surface area is 117 Å². The molecule has 0 aliphatic carbocycles. The molecule has 0 atom stereocenters. The smallest absolute Gasteiger partial charge is 0.409 e. The van der Waals surface area contributed by atoms with Crippen LogP contribution >= 0.6 is 0 Å². The van der Waals surface area contributed by atoms with E-state index in [1.165, 1.54) is 0 Å². The maximum atomic E-state index is 11.6. The highest BCUT2D eigenvalue weighted by Crippen LogP contribution is 2.24. The molecule has 1 aliphatic rings. The van der Waals surface area contributed by atoms with Gasteiger partial charge in [0.05, 0.1) is 12.2 Å². The van der Waals surface area contributed by atoms with Crippen LogP contribution in [0.2, 0.25) is 0 Å². The second kappa shape index (κ2) is 6.27. The summed E-state index contributed by atoms with van der Waals surface area (Å²) in [6.07, 6.45) is 0.337. The Morgan fingerprint density at radius 2 is 2.05 bits per heavy atom. The van der Waals surface area contributed by atoms with E-state index in [1.807, 2.05) is 0 Å². The van der Waals surface area contributed by atoms with Gasteiger partial charge < -0.3 is 19.6 Å². The van der Waals surface area contributed by atoms with Crippen LogP contribution in [-0.2, 0) is 4.74 Å². The summed E-state index contributed by atoms with van der Waals surface area (Å²) in [5.41, 5.74) is 1.12. The highest BCUT2D eigenvalue weighted by Gasteiger charge is 2.22. The van der Waals surface area contributed by atoms with Gasteiger partial charge in [-0.25, -0.2) is 4.79 Å². The van der Waals surface area contributed by atoms with Gasteiger partial charge in [-0.3, -0.25) is 4.79 Å². The molecule has 2 rings (SSSR count). The first-order valence-electron chi connectivity index (χ1n) is 6.60. The van der Waals surface area contributed by atoms with Gasteiger partial charge in [-0.05, 0) is 19.1 Å². The van der Waals surface area contributed by atoms with Gasteiger partial charge in [-0.1, -0.05) is 0 Å². The molecule has 0 saturated carbocycles. The van der Waals surface area contributed by atoms with Gasteiger partial charge in [0, 0.05) is 37.9 Å². The summed E-state index contributed by atoms with van der Waals surface area (Å²) < 4.78 is 4.96. The molecule has 1 fully saturated rings. The van der Waals surface area contributed by atoms with Crippen molar-refractivity contribution >= 4 is 18.1 Å². The van der Waals surface area contributed by atoms with Crippen molar-refractivity contribution in [3.8, 4) is 5.75 Å². The molecule has 1 aromatic rings. The highest BCUT2D eigenvalue weighted by molar-refractivity contribution is 5.80. The number of hydrogen-bond acceptors (Lipinski definition) is 5. The van der Waals surface area contributed by atoms with Gasteiger partial charge in [0.1, 0.15) is 5.75 Å². The molecule has 1 saturated heterocycles. The Kier molecular flexibility index (Phi) is 4.45. The number of phenols is 1. The van der Waals surface area contributed by atoms with Crippen molar-refractivity contribution in [3.63, 3.8) is 0 Å². The molecule has 1 heterocycles. The number of aromatic hydroxyl groups is 1. The molecule has 0 aromatic heterocycles. The van der Waals surface area contributed by atoms with Crippen LogP contribution in [0.5, 0.6) is 5.75 Å². The van der Waals surface area contributed by atoms with Gasteiger partial charge in [-0.2, -0.15) is 0 Å². The number of ether oxygens (including phenoxy) is 1. The van der Waals surface area contributed by atoms with Crippen LogP contribution in [0, 0.1) is 0 Å². The molecule has 1 N–H and O–H groups in total.